The number of nitrogens with zero attached hydrogens (tertiary/aromatic N) is 2. The smallest absolute Gasteiger partial charge is 0.266 e. The van der Waals surface area contributed by atoms with Gasteiger partial charge in [-0.15, -0.1) is 0 Å². The van der Waals surface area contributed by atoms with Crippen LogP contribution in [0.5, 0.6) is 0 Å². The molecule has 0 fully saturated rings. The molecule has 0 saturated carbocycles. The van der Waals surface area contributed by atoms with Crippen LogP contribution < -0.4 is 5.32 Å². The minimum atomic E-state index is -0.466. The van der Waals surface area contributed by atoms with E-state index in [2.05, 4.69) is 25.8 Å². The molecule has 0 unspecified atom stereocenters. The zero-order valence-corrected chi connectivity index (χ0v) is 18.6. The van der Waals surface area contributed by atoms with Gasteiger partial charge in [-0.2, -0.15) is 5.26 Å². The van der Waals surface area contributed by atoms with E-state index < -0.39 is 5.91 Å². The van der Waals surface area contributed by atoms with Crippen LogP contribution in [0.15, 0.2) is 58.6 Å². The molecule has 1 amide bonds. The van der Waals surface area contributed by atoms with Crippen LogP contribution in [0.3, 0.4) is 0 Å². The highest BCUT2D eigenvalue weighted by Gasteiger charge is 2.15. The molecule has 0 bridgehead atoms. The molecule has 3 aromatic rings. The van der Waals surface area contributed by atoms with Crippen molar-refractivity contribution in [3.63, 3.8) is 0 Å². The van der Waals surface area contributed by atoms with Gasteiger partial charge in [0.2, 0.25) is 0 Å². The molecule has 1 heterocycles. The quantitative estimate of drug-likeness (QED) is 0.357. The summed E-state index contributed by atoms with van der Waals surface area (Å²) in [5.74, 6) is -0.466. The van der Waals surface area contributed by atoms with Gasteiger partial charge in [-0.25, -0.2) is 0 Å². The number of carbonyl (C=O) groups is 1. The fourth-order valence-electron chi connectivity index (χ4n) is 3.14. The molecule has 1 N–H and O–H groups in total. The lowest BCUT2D eigenvalue weighted by Crippen LogP contribution is -2.14. The van der Waals surface area contributed by atoms with E-state index in [1.165, 1.54) is 0 Å². The average molecular weight is 469 g/mol. The van der Waals surface area contributed by atoms with Gasteiger partial charge >= 0.3 is 0 Å². The van der Waals surface area contributed by atoms with E-state index in [1.807, 2.05) is 63.2 Å². The number of hydrogen-bond donors (Lipinski definition) is 1. The van der Waals surface area contributed by atoms with Crippen LogP contribution in [-0.4, -0.2) is 10.5 Å². The number of nitrogens with one attached hydrogen (secondary N) is 1. The van der Waals surface area contributed by atoms with Crippen LogP contribution in [-0.2, 0) is 4.79 Å². The molecule has 4 nitrogen and oxygen atoms in total. The minimum absolute atomic E-state index is 0.0282. The highest BCUT2D eigenvalue weighted by atomic mass is 79.9. The van der Waals surface area contributed by atoms with Crippen molar-refractivity contribution in [3.8, 4) is 11.8 Å². The van der Waals surface area contributed by atoms with Gasteiger partial charge in [0, 0.05) is 32.3 Å². The number of nitriles is 1. The van der Waals surface area contributed by atoms with E-state index >= 15 is 0 Å². The van der Waals surface area contributed by atoms with E-state index in [4.69, 9.17) is 11.6 Å². The molecule has 0 aliphatic heterocycles. The van der Waals surface area contributed by atoms with Crippen LogP contribution in [0.1, 0.15) is 22.5 Å². The first-order valence-corrected chi connectivity index (χ1v) is 10.1. The summed E-state index contributed by atoms with van der Waals surface area (Å²) < 4.78 is 3.09. The highest BCUT2D eigenvalue weighted by Crippen LogP contribution is 2.25. The topological polar surface area (TPSA) is 57.8 Å². The number of aryl methyl sites for hydroxylation is 2. The van der Waals surface area contributed by atoms with Crippen molar-refractivity contribution in [2.45, 2.75) is 20.8 Å². The molecule has 146 valence electrons. The fourth-order valence-corrected chi connectivity index (χ4v) is 3.58. The van der Waals surface area contributed by atoms with E-state index in [9.17, 15) is 10.1 Å². The number of benzene rings is 2. The van der Waals surface area contributed by atoms with E-state index in [1.54, 1.807) is 18.2 Å². The number of carbonyl (C=O) groups excluding carboxylic acids is 1. The van der Waals surface area contributed by atoms with Crippen LogP contribution >= 0.6 is 27.5 Å². The third-order valence-corrected chi connectivity index (χ3v) is 5.43. The summed E-state index contributed by atoms with van der Waals surface area (Å²) in [5.41, 5.74) is 5.28. The Morgan fingerprint density at radius 3 is 2.48 bits per heavy atom. The van der Waals surface area contributed by atoms with Crippen molar-refractivity contribution in [2.75, 3.05) is 5.32 Å². The maximum absolute atomic E-state index is 12.7. The summed E-state index contributed by atoms with van der Waals surface area (Å²) in [7, 11) is 0. The third-order valence-electron chi connectivity index (χ3n) is 4.67. The van der Waals surface area contributed by atoms with Crippen molar-refractivity contribution in [3.05, 3.63) is 86.1 Å². The SMILES string of the molecule is Cc1ccc(Cl)cc1NC(=O)/C(C#N)=C\c1cc(C)n(-c2ccc(Br)cc2)c1C. The van der Waals surface area contributed by atoms with Crippen LogP contribution in [0.25, 0.3) is 11.8 Å². The number of amides is 1. The molecule has 2 aromatic carbocycles. The van der Waals surface area contributed by atoms with Gasteiger partial charge in [-0.1, -0.05) is 33.6 Å². The summed E-state index contributed by atoms with van der Waals surface area (Å²) >= 11 is 9.46. The summed E-state index contributed by atoms with van der Waals surface area (Å²) in [4.78, 5) is 12.7. The predicted octanol–water partition coefficient (Wildman–Crippen LogP) is 6.36. The van der Waals surface area contributed by atoms with Gasteiger partial charge in [0.25, 0.3) is 5.91 Å². The fraction of sp³-hybridized carbons (Fsp3) is 0.130. The monoisotopic (exact) mass is 467 g/mol. The second kappa shape index (κ2) is 8.69. The molecule has 0 aliphatic carbocycles. The Labute approximate surface area is 183 Å². The van der Waals surface area contributed by atoms with Crippen molar-refractivity contribution in [1.82, 2.24) is 4.57 Å². The molecule has 6 heteroatoms. The van der Waals surface area contributed by atoms with Gasteiger partial charge in [0.05, 0.1) is 0 Å². The first-order chi connectivity index (χ1) is 13.8. The lowest BCUT2D eigenvalue weighted by atomic mass is 10.1. The number of anilines is 1. The lowest BCUT2D eigenvalue weighted by molar-refractivity contribution is -0.112. The predicted molar refractivity (Wildman–Crippen MR) is 121 cm³/mol. The first-order valence-electron chi connectivity index (χ1n) is 8.94. The Morgan fingerprint density at radius 2 is 1.83 bits per heavy atom. The number of hydrogen-bond acceptors (Lipinski definition) is 2. The molecule has 0 radical (unpaired) electrons. The molecule has 0 saturated heterocycles. The van der Waals surface area contributed by atoms with E-state index in [0.717, 1.165) is 32.7 Å². The van der Waals surface area contributed by atoms with Crippen LogP contribution in [0.4, 0.5) is 5.69 Å². The molecule has 1 aromatic heterocycles. The van der Waals surface area contributed by atoms with Crippen molar-refractivity contribution in [2.24, 2.45) is 0 Å². The van der Waals surface area contributed by atoms with Gasteiger partial charge in [-0.3, -0.25) is 4.79 Å². The lowest BCUT2D eigenvalue weighted by Gasteiger charge is -2.10. The highest BCUT2D eigenvalue weighted by molar-refractivity contribution is 9.10. The summed E-state index contributed by atoms with van der Waals surface area (Å²) in [6, 6.07) is 17.2. The van der Waals surface area contributed by atoms with Gasteiger partial charge in [-0.05, 0) is 80.4 Å². The molecule has 3 rings (SSSR count). The number of halogens is 2. The Kier molecular flexibility index (Phi) is 6.26. The number of aromatic nitrogens is 1. The van der Waals surface area contributed by atoms with Gasteiger partial charge < -0.3 is 9.88 Å². The van der Waals surface area contributed by atoms with Crippen molar-refractivity contribution < 1.29 is 4.79 Å². The average Bonchev–Trinajstić information content (AvgIpc) is 2.96. The summed E-state index contributed by atoms with van der Waals surface area (Å²) in [5, 5.41) is 12.9. The normalized spacial score (nSPS) is 11.2. The molecular weight excluding hydrogens is 450 g/mol. The van der Waals surface area contributed by atoms with E-state index in [-0.39, 0.29) is 5.57 Å². The molecule has 0 aliphatic rings. The molecular formula is C23H19BrClN3O. The molecule has 0 atom stereocenters. The Bertz CT molecular complexity index is 1150. The van der Waals surface area contributed by atoms with Crippen molar-refractivity contribution in [1.29, 1.82) is 5.26 Å². The molecule has 0 spiro atoms. The second-order valence-corrected chi connectivity index (χ2v) is 8.07. The molecule has 29 heavy (non-hydrogen) atoms. The zero-order valence-electron chi connectivity index (χ0n) is 16.3. The van der Waals surface area contributed by atoms with Crippen LogP contribution in [0.2, 0.25) is 5.02 Å². The Hall–Kier alpha value is -2.81. The van der Waals surface area contributed by atoms with Gasteiger partial charge in [0.1, 0.15) is 11.6 Å². The van der Waals surface area contributed by atoms with Crippen LogP contribution in [0, 0.1) is 32.1 Å². The maximum atomic E-state index is 12.7. The Balaban J connectivity index is 1.94. The Morgan fingerprint density at radius 1 is 1.14 bits per heavy atom. The number of rotatable bonds is 4. The largest absolute Gasteiger partial charge is 0.321 e. The third kappa shape index (κ3) is 4.61. The standard InChI is InChI=1S/C23H19BrClN3O/c1-14-4-7-20(25)12-22(14)27-23(29)18(13-26)11-17-10-15(2)28(16(17)3)21-8-5-19(24)6-9-21/h4-12H,1-3H3,(H,27,29)/b18-11-. The summed E-state index contributed by atoms with van der Waals surface area (Å²) in [6.07, 6.45) is 1.62. The van der Waals surface area contributed by atoms with E-state index in [0.29, 0.717) is 10.7 Å². The second-order valence-electron chi connectivity index (χ2n) is 6.72. The van der Waals surface area contributed by atoms with Gasteiger partial charge in [0.15, 0.2) is 0 Å². The maximum Gasteiger partial charge on any atom is 0.266 e. The summed E-state index contributed by atoms with van der Waals surface area (Å²) in [6.45, 7) is 5.83. The van der Waals surface area contributed by atoms with Crippen molar-refractivity contribution >= 4 is 45.2 Å². The zero-order chi connectivity index (χ0) is 21.1. The minimum Gasteiger partial charge on any atom is -0.321 e. The first kappa shape index (κ1) is 20.9.